The zero-order valence-electron chi connectivity index (χ0n) is 12.5. The van der Waals surface area contributed by atoms with Gasteiger partial charge in [-0.1, -0.05) is 11.6 Å². The summed E-state index contributed by atoms with van der Waals surface area (Å²) < 4.78 is 0. The topological polar surface area (TPSA) is 60.9 Å². The second kappa shape index (κ2) is 5.56. The minimum Gasteiger partial charge on any atom is -0.481 e. The van der Waals surface area contributed by atoms with Crippen LogP contribution in [-0.4, -0.2) is 47.6 Å². The lowest BCUT2D eigenvalue weighted by Crippen LogP contribution is -2.42. The molecule has 1 N–H and O–H groups in total. The molecule has 0 radical (unpaired) electrons. The Morgan fingerprint density at radius 1 is 1.32 bits per heavy atom. The van der Waals surface area contributed by atoms with Gasteiger partial charge < -0.3 is 10.0 Å². The molecule has 0 spiro atoms. The third-order valence-corrected chi connectivity index (χ3v) is 5.03. The van der Waals surface area contributed by atoms with Gasteiger partial charge >= 0.3 is 5.97 Å². The number of carboxylic acid groups (broad SMARTS) is 1. The minimum absolute atomic E-state index is 0.0527. The van der Waals surface area contributed by atoms with Crippen molar-refractivity contribution in [3.05, 3.63) is 29.3 Å². The van der Waals surface area contributed by atoms with Gasteiger partial charge in [0.15, 0.2) is 0 Å². The van der Waals surface area contributed by atoms with Gasteiger partial charge in [0.1, 0.15) is 0 Å². The maximum Gasteiger partial charge on any atom is 0.310 e. The number of anilines is 1. The highest BCUT2D eigenvalue weighted by Gasteiger charge is 2.46. The number of carbonyl (C=O) groups is 2. The molecule has 1 aromatic rings. The number of carboxylic acids is 1. The number of amides is 1. The smallest absolute Gasteiger partial charge is 0.310 e. The third kappa shape index (κ3) is 2.59. The number of rotatable bonds is 3. The Balaban J connectivity index is 1.72. The van der Waals surface area contributed by atoms with Gasteiger partial charge in [0.2, 0.25) is 5.91 Å². The van der Waals surface area contributed by atoms with Gasteiger partial charge in [-0.3, -0.25) is 14.5 Å². The van der Waals surface area contributed by atoms with Crippen LogP contribution in [-0.2, 0) is 9.59 Å². The maximum atomic E-state index is 12.7. The standard InChI is InChI=1S/C16H19ClN2O3/c1-16(15(21)22)7-9-18(10-16)13-6-8-19(14(13)20)12-4-2-11(17)3-5-12/h2-5,13H,6-10H2,1H3,(H,21,22). The number of halogens is 1. The van der Waals surface area contributed by atoms with Crippen molar-refractivity contribution in [2.75, 3.05) is 24.5 Å². The van der Waals surface area contributed by atoms with Crippen LogP contribution in [0.4, 0.5) is 5.69 Å². The van der Waals surface area contributed by atoms with E-state index in [9.17, 15) is 14.7 Å². The fourth-order valence-corrected chi connectivity index (χ4v) is 3.44. The highest BCUT2D eigenvalue weighted by molar-refractivity contribution is 6.30. The lowest BCUT2D eigenvalue weighted by atomic mass is 9.90. The minimum atomic E-state index is -0.782. The van der Waals surface area contributed by atoms with Crippen LogP contribution in [0.25, 0.3) is 0 Å². The van der Waals surface area contributed by atoms with Crippen LogP contribution >= 0.6 is 11.6 Å². The normalized spacial score (nSPS) is 29.3. The summed E-state index contributed by atoms with van der Waals surface area (Å²) in [6.45, 7) is 3.51. The average Bonchev–Trinajstić information content (AvgIpc) is 3.04. The Hall–Kier alpha value is -1.59. The van der Waals surface area contributed by atoms with E-state index in [1.807, 2.05) is 17.0 Å². The van der Waals surface area contributed by atoms with E-state index in [0.29, 0.717) is 31.1 Å². The molecule has 3 rings (SSSR count). The summed E-state index contributed by atoms with van der Waals surface area (Å²) in [6.07, 6.45) is 1.32. The van der Waals surface area contributed by atoms with Gasteiger partial charge in [-0.05, 0) is 44.0 Å². The molecule has 2 aliphatic heterocycles. The molecule has 0 aliphatic carbocycles. The van der Waals surface area contributed by atoms with Gasteiger partial charge in [-0.25, -0.2) is 0 Å². The van der Waals surface area contributed by atoms with E-state index in [0.717, 1.165) is 12.1 Å². The van der Waals surface area contributed by atoms with Crippen LogP contribution < -0.4 is 4.90 Å². The summed E-state index contributed by atoms with van der Waals surface area (Å²) in [5, 5.41) is 9.96. The van der Waals surface area contributed by atoms with Crippen molar-refractivity contribution in [2.45, 2.75) is 25.8 Å². The van der Waals surface area contributed by atoms with E-state index in [-0.39, 0.29) is 11.9 Å². The second-order valence-corrected chi connectivity index (χ2v) is 6.79. The summed E-state index contributed by atoms with van der Waals surface area (Å²) >= 11 is 5.88. The van der Waals surface area contributed by atoms with Gasteiger partial charge in [0, 0.05) is 30.3 Å². The van der Waals surface area contributed by atoms with E-state index < -0.39 is 11.4 Å². The summed E-state index contributed by atoms with van der Waals surface area (Å²) in [5.74, 6) is -0.730. The van der Waals surface area contributed by atoms with Crippen molar-refractivity contribution in [2.24, 2.45) is 5.41 Å². The van der Waals surface area contributed by atoms with Crippen LogP contribution in [0.15, 0.2) is 24.3 Å². The first kappa shape index (κ1) is 15.3. The van der Waals surface area contributed by atoms with Crippen molar-refractivity contribution >= 4 is 29.2 Å². The highest BCUT2D eigenvalue weighted by Crippen LogP contribution is 2.34. The Labute approximate surface area is 134 Å². The van der Waals surface area contributed by atoms with Crippen molar-refractivity contribution in [1.29, 1.82) is 0 Å². The molecular formula is C16H19ClN2O3. The number of hydrogen-bond acceptors (Lipinski definition) is 3. The SMILES string of the molecule is CC1(C(=O)O)CCN(C2CCN(c3ccc(Cl)cc3)C2=O)C1. The largest absolute Gasteiger partial charge is 0.481 e. The van der Waals surface area contributed by atoms with E-state index in [1.165, 1.54) is 0 Å². The molecule has 5 nitrogen and oxygen atoms in total. The van der Waals surface area contributed by atoms with Crippen molar-refractivity contribution < 1.29 is 14.7 Å². The molecule has 2 aliphatic rings. The number of likely N-dealkylation sites (tertiary alicyclic amines) is 1. The molecule has 1 aromatic carbocycles. The fraction of sp³-hybridized carbons (Fsp3) is 0.500. The molecule has 1 amide bonds. The number of nitrogens with zero attached hydrogens (tertiary/aromatic N) is 2. The van der Waals surface area contributed by atoms with Crippen molar-refractivity contribution in [3.63, 3.8) is 0 Å². The van der Waals surface area contributed by atoms with Crippen LogP contribution in [0.2, 0.25) is 5.02 Å². The van der Waals surface area contributed by atoms with E-state index in [2.05, 4.69) is 0 Å². The van der Waals surface area contributed by atoms with E-state index >= 15 is 0 Å². The average molecular weight is 323 g/mol. The summed E-state index contributed by atoms with van der Waals surface area (Å²) in [5.41, 5.74) is 0.102. The zero-order valence-corrected chi connectivity index (χ0v) is 13.2. The van der Waals surface area contributed by atoms with Crippen LogP contribution in [0.1, 0.15) is 19.8 Å². The van der Waals surface area contributed by atoms with Gasteiger partial charge in [-0.2, -0.15) is 0 Å². The Kier molecular flexibility index (Phi) is 3.87. The lowest BCUT2D eigenvalue weighted by Gasteiger charge is -2.25. The number of benzene rings is 1. The molecule has 0 aromatic heterocycles. The summed E-state index contributed by atoms with van der Waals surface area (Å²) in [7, 11) is 0. The molecule has 118 valence electrons. The molecule has 2 saturated heterocycles. The maximum absolute atomic E-state index is 12.7. The number of carbonyl (C=O) groups excluding carboxylic acids is 1. The first-order chi connectivity index (χ1) is 10.4. The molecular weight excluding hydrogens is 304 g/mol. The zero-order chi connectivity index (χ0) is 15.9. The molecule has 0 saturated carbocycles. The quantitative estimate of drug-likeness (QED) is 0.927. The molecule has 2 atom stereocenters. The second-order valence-electron chi connectivity index (χ2n) is 6.36. The lowest BCUT2D eigenvalue weighted by molar-refractivity contribution is -0.147. The Bertz CT molecular complexity index is 604. The molecule has 2 fully saturated rings. The molecule has 0 bridgehead atoms. The van der Waals surface area contributed by atoms with Crippen LogP contribution in [0.3, 0.4) is 0 Å². The molecule has 2 heterocycles. The highest BCUT2D eigenvalue weighted by atomic mass is 35.5. The van der Waals surface area contributed by atoms with Crippen LogP contribution in [0.5, 0.6) is 0 Å². The monoisotopic (exact) mass is 322 g/mol. The molecule has 2 unspecified atom stereocenters. The molecule has 22 heavy (non-hydrogen) atoms. The fourth-order valence-electron chi connectivity index (χ4n) is 3.32. The van der Waals surface area contributed by atoms with Crippen LogP contribution in [0, 0.1) is 5.41 Å². The van der Waals surface area contributed by atoms with Gasteiger partial charge in [0.25, 0.3) is 0 Å². The first-order valence-corrected chi connectivity index (χ1v) is 7.83. The predicted molar refractivity (Wildman–Crippen MR) is 84.1 cm³/mol. The Morgan fingerprint density at radius 3 is 2.59 bits per heavy atom. The summed E-state index contributed by atoms with van der Waals surface area (Å²) in [4.78, 5) is 27.8. The van der Waals surface area contributed by atoms with E-state index in [4.69, 9.17) is 11.6 Å². The van der Waals surface area contributed by atoms with Crippen molar-refractivity contribution in [3.8, 4) is 0 Å². The molecule has 6 heteroatoms. The number of hydrogen-bond donors (Lipinski definition) is 1. The van der Waals surface area contributed by atoms with E-state index in [1.54, 1.807) is 24.0 Å². The van der Waals surface area contributed by atoms with Gasteiger partial charge in [0.05, 0.1) is 11.5 Å². The first-order valence-electron chi connectivity index (χ1n) is 7.45. The Morgan fingerprint density at radius 2 is 2.00 bits per heavy atom. The summed E-state index contributed by atoms with van der Waals surface area (Å²) in [6, 6.07) is 7.02. The predicted octanol–water partition coefficient (Wildman–Crippen LogP) is 2.24. The third-order valence-electron chi connectivity index (χ3n) is 4.78. The van der Waals surface area contributed by atoms with Crippen molar-refractivity contribution in [1.82, 2.24) is 4.90 Å². The van der Waals surface area contributed by atoms with Gasteiger partial charge in [-0.15, -0.1) is 0 Å². The number of aliphatic carboxylic acids is 1.